The Morgan fingerprint density at radius 3 is 2.23 bits per heavy atom. The van der Waals surface area contributed by atoms with Crippen LogP contribution in [0.2, 0.25) is 5.02 Å². The summed E-state index contributed by atoms with van der Waals surface area (Å²) in [6.07, 6.45) is 0. The fourth-order valence-corrected chi connectivity index (χ4v) is 4.02. The minimum atomic E-state index is -4.08. The highest BCUT2D eigenvalue weighted by Crippen LogP contribution is 2.37. The van der Waals surface area contributed by atoms with Crippen LogP contribution in [0, 0.1) is 13.8 Å². The number of ether oxygens (including phenoxy) is 2. The van der Waals surface area contributed by atoms with Gasteiger partial charge in [-0.2, -0.15) is 0 Å². The molecule has 2 rings (SSSR count). The Labute approximate surface area is 156 Å². The first kappa shape index (κ1) is 19.9. The molecule has 0 fully saturated rings. The van der Waals surface area contributed by atoms with Gasteiger partial charge in [0, 0.05) is 6.07 Å². The Balaban J connectivity index is 2.57. The summed E-state index contributed by atoms with van der Waals surface area (Å²) in [5.41, 5.74) is 0.982. The van der Waals surface area contributed by atoms with Crippen LogP contribution in [0.25, 0.3) is 0 Å². The van der Waals surface area contributed by atoms with E-state index in [1.54, 1.807) is 13.8 Å². The Hall–Kier alpha value is -2.45. The van der Waals surface area contributed by atoms with Crippen LogP contribution in [-0.2, 0) is 10.0 Å². The number of anilines is 1. The predicted octanol–water partition coefficient (Wildman–Crippen LogP) is 3.47. The van der Waals surface area contributed by atoms with Crippen molar-refractivity contribution in [1.82, 2.24) is 0 Å². The predicted molar refractivity (Wildman–Crippen MR) is 98.2 cm³/mol. The van der Waals surface area contributed by atoms with Crippen LogP contribution >= 0.6 is 11.6 Å². The molecule has 0 atom stereocenters. The second-order valence-electron chi connectivity index (χ2n) is 5.51. The van der Waals surface area contributed by atoms with Gasteiger partial charge in [0.05, 0.1) is 35.4 Å². The second kappa shape index (κ2) is 7.43. The average molecular weight is 400 g/mol. The largest absolute Gasteiger partial charge is 0.495 e. The summed E-state index contributed by atoms with van der Waals surface area (Å²) in [6, 6.07) is 5.35. The molecule has 0 aliphatic rings. The number of sulfonamides is 1. The van der Waals surface area contributed by atoms with E-state index in [4.69, 9.17) is 21.1 Å². The van der Waals surface area contributed by atoms with Crippen molar-refractivity contribution in [3.63, 3.8) is 0 Å². The third-order valence-electron chi connectivity index (χ3n) is 3.87. The van der Waals surface area contributed by atoms with Gasteiger partial charge in [0.15, 0.2) is 0 Å². The lowest BCUT2D eigenvalue weighted by atomic mass is 10.1. The van der Waals surface area contributed by atoms with Gasteiger partial charge in [-0.25, -0.2) is 13.2 Å². The number of carbonyl (C=O) groups is 1. The van der Waals surface area contributed by atoms with Crippen LogP contribution in [-0.4, -0.2) is 33.7 Å². The maximum atomic E-state index is 12.8. The Bertz CT molecular complexity index is 972. The first-order valence-corrected chi connectivity index (χ1v) is 9.25. The monoisotopic (exact) mass is 399 g/mol. The highest BCUT2D eigenvalue weighted by molar-refractivity contribution is 7.92. The molecule has 0 unspecified atom stereocenters. The number of rotatable bonds is 6. The van der Waals surface area contributed by atoms with Crippen LogP contribution in [0.4, 0.5) is 5.69 Å². The van der Waals surface area contributed by atoms with Gasteiger partial charge in [-0.1, -0.05) is 11.6 Å². The normalized spacial score (nSPS) is 11.1. The molecule has 2 N–H and O–H groups in total. The topological polar surface area (TPSA) is 102 Å². The Morgan fingerprint density at radius 2 is 1.69 bits per heavy atom. The number of aromatic carboxylic acids is 1. The SMILES string of the molecule is COc1cc(OC)c(NS(=O)(=O)c2cc(C(=O)O)cc(C)c2C)cc1Cl. The molecule has 0 saturated heterocycles. The van der Waals surface area contributed by atoms with Crippen molar-refractivity contribution < 1.29 is 27.8 Å². The molecule has 26 heavy (non-hydrogen) atoms. The zero-order chi connectivity index (χ0) is 19.6. The van der Waals surface area contributed by atoms with Crippen molar-refractivity contribution >= 4 is 33.3 Å². The van der Waals surface area contributed by atoms with Crippen molar-refractivity contribution in [2.45, 2.75) is 18.7 Å². The molecule has 0 aliphatic heterocycles. The van der Waals surface area contributed by atoms with Gasteiger partial charge in [0.25, 0.3) is 10.0 Å². The summed E-state index contributed by atoms with van der Waals surface area (Å²) in [5.74, 6) is -0.681. The number of halogens is 1. The standard InChI is InChI=1S/C17H18ClNO6S/c1-9-5-11(17(20)21)6-16(10(9)2)26(22,23)19-13-7-12(18)14(24-3)8-15(13)25-4/h5-8,19H,1-4H3,(H,20,21). The maximum absolute atomic E-state index is 12.8. The molecule has 0 spiro atoms. The first-order valence-electron chi connectivity index (χ1n) is 7.39. The maximum Gasteiger partial charge on any atom is 0.335 e. The molecular weight excluding hydrogens is 382 g/mol. The van der Waals surface area contributed by atoms with Crippen LogP contribution in [0.5, 0.6) is 11.5 Å². The van der Waals surface area contributed by atoms with E-state index in [0.29, 0.717) is 16.9 Å². The van der Waals surface area contributed by atoms with E-state index >= 15 is 0 Å². The van der Waals surface area contributed by atoms with Gasteiger partial charge in [0.1, 0.15) is 11.5 Å². The van der Waals surface area contributed by atoms with E-state index < -0.39 is 16.0 Å². The smallest absolute Gasteiger partial charge is 0.335 e. The molecule has 2 aromatic carbocycles. The summed E-state index contributed by atoms with van der Waals surface area (Å²) in [7, 11) is -1.28. The van der Waals surface area contributed by atoms with E-state index in [-0.39, 0.29) is 26.9 Å². The van der Waals surface area contributed by atoms with Crippen molar-refractivity contribution in [2.24, 2.45) is 0 Å². The van der Waals surface area contributed by atoms with Crippen molar-refractivity contribution in [1.29, 1.82) is 0 Å². The molecule has 0 saturated carbocycles. The highest BCUT2D eigenvalue weighted by Gasteiger charge is 2.23. The number of methoxy groups -OCH3 is 2. The van der Waals surface area contributed by atoms with Crippen LogP contribution in [0.15, 0.2) is 29.2 Å². The zero-order valence-electron chi connectivity index (χ0n) is 14.6. The number of carboxylic acid groups (broad SMARTS) is 1. The molecule has 0 bridgehead atoms. The van der Waals surface area contributed by atoms with Crippen molar-refractivity contribution in [3.8, 4) is 11.5 Å². The molecular formula is C17H18ClNO6S. The summed E-state index contributed by atoms with van der Waals surface area (Å²) in [6.45, 7) is 3.25. The number of carboxylic acids is 1. The lowest BCUT2D eigenvalue weighted by Gasteiger charge is -2.16. The van der Waals surface area contributed by atoms with Gasteiger partial charge in [-0.05, 0) is 43.2 Å². The molecule has 0 amide bonds. The van der Waals surface area contributed by atoms with Gasteiger partial charge in [-0.15, -0.1) is 0 Å². The minimum absolute atomic E-state index is 0.107. The van der Waals surface area contributed by atoms with Crippen LogP contribution < -0.4 is 14.2 Å². The third-order valence-corrected chi connectivity index (χ3v) is 5.66. The molecule has 2 aromatic rings. The number of benzene rings is 2. The summed E-state index contributed by atoms with van der Waals surface area (Å²) in [4.78, 5) is 11.1. The first-order chi connectivity index (χ1) is 12.1. The molecule has 0 aromatic heterocycles. The van der Waals surface area contributed by atoms with Gasteiger partial charge >= 0.3 is 5.97 Å². The average Bonchev–Trinajstić information content (AvgIpc) is 2.56. The summed E-state index contributed by atoms with van der Waals surface area (Å²) < 4.78 is 38.4. The number of aryl methyl sites for hydroxylation is 1. The zero-order valence-corrected chi connectivity index (χ0v) is 16.2. The van der Waals surface area contributed by atoms with E-state index in [9.17, 15) is 18.3 Å². The minimum Gasteiger partial charge on any atom is -0.495 e. The van der Waals surface area contributed by atoms with Crippen molar-refractivity contribution in [2.75, 3.05) is 18.9 Å². The molecule has 0 aliphatic carbocycles. The number of hydrogen-bond donors (Lipinski definition) is 2. The molecule has 140 valence electrons. The van der Waals surface area contributed by atoms with Gasteiger partial charge in [0.2, 0.25) is 0 Å². The van der Waals surface area contributed by atoms with E-state index in [1.807, 2.05) is 0 Å². The lowest BCUT2D eigenvalue weighted by molar-refractivity contribution is 0.0696. The van der Waals surface area contributed by atoms with Gasteiger partial charge < -0.3 is 14.6 Å². The molecule has 7 nitrogen and oxygen atoms in total. The second-order valence-corrected chi connectivity index (χ2v) is 7.57. The Kier molecular flexibility index (Phi) is 5.68. The molecule has 9 heteroatoms. The Morgan fingerprint density at radius 1 is 1.08 bits per heavy atom. The van der Waals surface area contributed by atoms with Crippen LogP contribution in [0.3, 0.4) is 0 Å². The summed E-state index contributed by atoms with van der Waals surface area (Å²) >= 11 is 6.06. The number of nitrogens with one attached hydrogen (secondary N) is 1. The van der Waals surface area contributed by atoms with E-state index in [1.165, 1.54) is 32.4 Å². The molecule has 0 heterocycles. The van der Waals surface area contributed by atoms with Gasteiger partial charge in [-0.3, -0.25) is 4.72 Å². The summed E-state index contributed by atoms with van der Waals surface area (Å²) in [5, 5.41) is 9.38. The number of hydrogen-bond acceptors (Lipinski definition) is 5. The third kappa shape index (κ3) is 3.86. The highest BCUT2D eigenvalue weighted by atomic mass is 35.5. The fraction of sp³-hybridized carbons (Fsp3) is 0.235. The van der Waals surface area contributed by atoms with Crippen molar-refractivity contribution in [3.05, 3.63) is 46.0 Å². The molecule has 0 radical (unpaired) electrons. The van der Waals surface area contributed by atoms with E-state index in [0.717, 1.165) is 6.07 Å². The lowest BCUT2D eigenvalue weighted by Crippen LogP contribution is -2.16. The quantitative estimate of drug-likeness (QED) is 0.771. The fourth-order valence-electron chi connectivity index (χ4n) is 2.37. The van der Waals surface area contributed by atoms with Crippen LogP contribution in [0.1, 0.15) is 21.5 Å². The van der Waals surface area contributed by atoms with E-state index in [2.05, 4.69) is 4.72 Å².